The van der Waals surface area contributed by atoms with Crippen molar-refractivity contribution in [3.63, 3.8) is 0 Å². The van der Waals surface area contributed by atoms with E-state index >= 15 is 0 Å². The molecule has 17 aromatic rings. The molecule has 89 heavy (non-hydrogen) atoms. The first-order chi connectivity index (χ1) is 44.1. The minimum Gasteiger partial charge on any atom is -0.309 e. The lowest BCUT2D eigenvalue weighted by molar-refractivity contribution is 1.05. The van der Waals surface area contributed by atoms with Gasteiger partial charge in [0.2, 0.25) is 0 Å². The minimum atomic E-state index is 1.00. The molecular weight excluding hydrogens is 1110 g/mol. The summed E-state index contributed by atoms with van der Waals surface area (Å²) in [6, 6.07) is 109. The van der Waals surface area contributed by atoms with Gasteiger partial charge in [0, 0.05) is 78.8 Å². The molecule has 1 aliphatic carbocycles. The Morgan fingerprint density at radius 3 is 1.08 bits per heavy atom. The van der Waals surface area contributed by atoms with Gasteiger partial charge < -0.3 is 4.57 Å². The van der Waals surface area contributed by atoms with E-state index in [1.165, 1.54) is 178 Å². The lowest BCUT2D eigenvalue weighted by Gasteiger charge is -2.15. The Labute approximate surface area is 524 Å². The molecule has 0 atom stereocenters. The Hall–Kier alpha value is -10.7. The zero-order valence-electron chi connectivity index (χ0n) is 48.6. The molecule has 1 nitrogen and oxygen atoms in total. The average Bonchev–Trinajstić information content (AvgIpc) is 1.66. The average molecular weight is 1170 g/mol. The number of benzene rings is 14. The van der Waals surface area contributed by atoms with Crippen LogP contribution in [-0.4, -0.2) is 4.57 Å². The maximum atomic E-state index is 2.56. The van der Waals surface area contributed by atoms with Gasteiger partial charge in [0.05, 0.1) is 16.7 Å². The van der Waals surface area contributed by atoms with Crippen molar-refractivity contribution in [3.8, 4) is 83.6 Å². The number of fused-ring (bicyclic) bond motifs is 12. The number of nitrogens with zero attached hydrogens (tertiary/aromatic N) is 1. The molecule has 416 valence electrons. The van der Waals surface area contributed by atoms with Crippen LogP contribution in [0.25, 0.3) is 173 Å². The third kappa shape index (κ3) is 8.64. The fourth-order valence-electron chi connectivity index (χ4n) is 14.3. The van der Waals surface area contributed by atoms with Gasteiger partial charge in [0.15, 0.2) is 0 Å². The van der Waals surface area contributed by atoms with E-state index < -0.39 is 0 Å². The summed E-state index contributed by atoms with van der Waals surface area (Å²) in [5.41, 5.74) is 23.3. The molecular formula is C86H55NS2. The molecule has 0 unspecified atom stereocenters. The van der Waals surface area contributed by atoms with Gasteiger partial charge >= 0.3 is 0 Å². The van der Waals surface area contributed by atoms with Crippen molar-refractivity contribution in [3.05, 3.63) is 315 Å². The maximum absolute atomic E-state index is 2.56. The summed E-state index contributed by atoms with van der Waals surface area (Å²) in [6.07, 6.45) is 8.92. The third-order valence-corrected chi connectivity index (χ3v) is 21.2. The highest BCUT2D eigenvalue weighted by Gasteiger charge is 2.24. The van der Waals surface area contributed by atoms with Gasteiger partial charge in [-0.15, -0.1) is 22.7 Å². The summed E-state index contributed by atoms with van der Waals surface area (Å²) in [7, 11) is 0. The predicted octanol–water partition coefficient (Wildman–Crippen LogP) is 25.2. The molecule has 0 bridgehead atoms. The topological polar surface area (TPSA) is 4.93 Å². The largest absolute Gasteiger partial charge is 0.309 e. The molecule has 1 aliphatic rings. The number of rotatable bonds is 9. The molecule has 0 spiro atoms. The zero-order chi connectivity index (χ0) is 58.5. The number of hydrogen-bond acceptors (Lipinski definition) is 2. The highest BCUT2D eigenvalue weighted by molar-refractivity contribution is 7.27. The Bertz CT molecular complexity index is 5750. The van der Waals surface area contributed by atoms with E-state index in [9.17, 15) is 0 Å². The van der Waals surface area contributed by atoms with E-state index in [4.69, 9.17) is 0 Å². The lowest BCUT2D eigenvalue weighted by atomic mass is 9.90. The molecule has 0 amide bonds. The van der Waals surface area contributed by atoms with Crippen LogP contribution in [0.3, 0.4) is 0 Å². The van der Waals surface area contributed by atoms with E-state index in [0.29, 0.717) is 0 Å². The molecule has 14 aromatic carbocycles. The number of allylic oxidation sites excluding steroid dienone is 4. The monoisotopic (exact) mass is 1170 g/mol. The highest BCUT2D eigenvalue weighted by Crippen LogP contribution is 2.51. The molecule has 0 saturated heterocycles. The number of hydrogen-bond donors (Lipinski definition) is 0. The van der Waals surface area contributed by atoms with E-state index in [1.807, 2.05) is 22.7 Å². The van der Waals surface area contributed by atoms with Crippen molar-refractivity contribution < 1.29 is 0 Å². The Balaban J connectivity index is 0.928. The van der Waals surface area contributed by atoms with Crippen LogP contribution in [0.1, 0.15) is 18.4 Å². The van der Waals surface area contributed by atoms with Gasteiger partial charge in [-0.1, -0.05) is 231 Å². The lowest BCUT2D eigenvalue weighted by Crippen LogP contribution is -1.96. The van der Waals surface area contributed by atoms with Gasteiger partial charge in [-0.05, 0) is 175 Å². The van der Waals surface area contributed by atoms with Crippen molar-refractivity contribution in [1.82, 2.24) is 4.57 Å². The van der Waals surface area contributed by atoms with Crippen molar-refractivity contribution in [2.45, 2.75) is 12.8 Å². The normalized spacial score (nSPS) is 12.7. The molecule has 0 fully saturated rings. The molecule has 0 aliphatic heterocycles. The second-order valence-corrected chi connectivity index (χ2v) is 25.8. The van der Waals surface area contributed by atoms with Crippen LogP contribution in [0.15, 0.2) is 309 Å². The fraction of sp³-hybridized carbons (Fsp3) is 0.0233. The standard InChI is InChI=1S/C86H55NS2/c1-7-23-54(24-8-1)63-45-70(58-31-15-5-16-32-58)83-76(49-63)78-51-65(56-27-11-3-12-28-56)47-72(85(78)88-83)61-39-41-80-74(43-61)75-44-62(40-42-81(75)87(80)82-53-60-35-19-20-36-67(60)68-37-21-22-38-69(68)82)73-48-66(57-29-13-4-14-30-57)52-79-77-50-64(55-25-9-2-10-26-55)46-71(84(77)89-86(73)79)59-33-17-6-18-34-59/h1-13,15-29,31-53H,14,30H2. The summed E-state index contributed by atoms with van der Waals surface area (Å²) in [5.74, 6) is 0. The predicted molar refractivity (Wildman–Crippen MR) is 386 cm³/mol. The SMILES string of the molecule is C1=CCCC(c2cc(-c3ccc4c(c3)c3cc(-c5cc(-c6ccccc6)cc6c5sc5c(-c7ccccc7)cc(-c7ccccc7)cc56)ccc3n4-c3cc4ccccc4c4ccccc34)c3sc4c(-c5ccccc5)cc(-c5ccccc5)cc4c3c2)=C1. The maximum Gasteiger partial charge on any atom is 0.0546 e. The van der Waals surface area contributed by atoms with Crippen molar-refractivity contribution in [1.29, 1.82) is 0 Å². The molecule has 18 rings (SSSR count). The smallest absolute Gasteiger partial charge is 0.0546 e. The molecule has 0 N–H and O–H groups in total. The van der Waals surface area contributed by atoms with Gasteiger partial charge in [0.1, 0.15) is 0 Å². The van der Waals surface area contributed by atoms with Crippen molar-refractivity contribution in [2.24, 2.45) is 0 Å². The second-order valence-electron chi connectivity index (χ2n) is 23.8. The van der Waals surface area contributed by atoms with Crippen LogP contribution >= 0.6 is 22.7 Å². The third-order valence-electron chi connectivity index (χ3n) is 18.6. The van der Waals surface area contributed by atoms with E-state index in [1.54, 1.807) is 0 Å². The first kappa shape index (κ1) is 51.5. The van der Waals surface area contributed by atoms with Crippen molar-refractivity contribution in [2.75, 3.05) is 0 Å². The van der Waals surface area contributed by atoms with Gasteiger partial charge in [-0.2, -0.15) is 0 Å². The molecule has 0 saturated carbocycles. The minimum absolute atomic E-state index is 1.00. The van der Waals surface area contributed by atoms with Gasteiger partial charge in [0.25, 0.3) is 0 Å². The summed E-state index contributed by atoms with van der Waals surface area (Å²) < 4.78 is 7.75. The molecule has 3 heteroatoms. The summed E-state index contributed by atoms with van der Waals surface area (Å²) in [6.45, 7) is 0. The highest BCUT2D eigenvalue weighted by atomic mass is 32.1. The molecule has 0 radical (unpaired) electrons. The Kier molecular flexibility index (Phi) is 12.2. The number of thiophene rings is 2. The Morgan fingerprint density at radius 2 is 0.629 bits per heavy atom. The Morgan fingerprint density at radius 1 is 0.258 bits per heavy atom. The van der Waals surface area contributed by atoms with Crippen molar-refractivity contribution >= 4 is 112 Å². The van der Waals surface area contributed by atoms with Crippen LogP contribution in [-0.2, 0) is 0 Å². The van der Waals surface area contributed by atoms with Crippen LogP contribution in [0, 0.1) is 0 Å². The van der Waals surface area contributed by atoms with Gasteiger partial charge in [-0.25, -0.2) is 0 Å². The van der Waals surface area contributed by atoms with Crippen LogP contribution < -0.4 is 0 Å². The first-order valence-electron chi connectivity index (χ1n) is 30.8. The van der Waals surface area contributed by atoms with Crippen LogP contribution in [0.2, 0.25) is 0 Å². The van der Waals surface area contributed by atoms with Gasteiger partial charge in [-0.3, -0.25) is 0 Å². The van der Waals surface area contributed by atoms with E-state index in [0.717, 1.165) is 12.8 Å². The van der Waals surface area contributed by atoms with Crippen LogP contribution in [0.5, 0.6) is 0 Å². The first-order valence-corrected chi connectivity index (χ1v) is 32.5. The van der Waals surface area contributed by atoms with E-state index in [2.05, 4.69) is 314 Å². The zero-order valence-corrected chi connectivity index (χ0v) is 50.3. The summed E-state index contributed by atoms with van der Waals surface area (Å²) in [5, 5.41) is 12.5. The van der Waals surface area contributed by atoms with Crippen LogP contribution in [0.4, 0.5) is 0 Å². The molecule has 3 aromatic heterocycles. The second kappa shape index (κ2) is 21.0. The number of aromatic nitrogens is 1. The summed E-state index contributed by atoms with van der Waals surface area (Å²) in [4.78, 5) is 0. The van der Waals surface area contributed by atoms with E-state index in [-0.39, 0.29) is 0 Å². The fourth-order valence-corrected chi connectivity index (χ4v) is 17.0. The summed E-state index contributed by atoms with van der Waals surface area (Å²) >= 11 is 3.87. The quantitative estimate of drug-likeness (QED) is 0.127. The molecule has 3 heterocycles.